The molecule has 2 aromatic carbocycles. The summed E-state index contributed by atoms with van der Waals surface area (Å²) in [7, 11) is 0. The maximum atomic E-state index is 9.29. The molecule has 0 amide bonds. The topological polar surface area (TPSA) is 40.5 Å². The maximum Gasteiger partial charge on any atom is 0.115 e. The van der Waals surface area contributed by atoms with Crippen LogP contribution in [0.4, 0.5) is 0 Å². The minimum absolute atomic E-state index is 0.259. The van der Waals surface area contributed by atoms with Crippen molar-refractivity contribution in [3.8, 4) is 22.6 Å². The molecular weight excluding hydrogens is 188 g/mol. The van der Waals surface area contributed by atoms with Gasteiger partial charge in [-0.2, -0.15) is 0 Å². The summed E-state index contributed by atoms with van der Waals surface area (Å²) in [6, 6.07) is 12.3. The lowest BCUT2D eigenvalue weighted by Crippen LogP contribution is -1.82. The van der Waals surface area contributed by atoms with E-state index in [2.05, 4.69) is 0 Å². The van der Waals surface area contributed by atoms with Gasteiger partial charge < -0.3 is 10.2 Å². The second-order valence-electron chi connectivity index (χ2n) is 3.55. The van der Waals surface area contributed by atoms with E-state index in [1.54, 1.807) is 24.3 Å². The Hall–Kier alpha value is -1.96. The van der Waals surface area contributed by atoms with Gasteiger partial charge in [0.05, 0.1) is 0 Å². The zero-order valence-corrected chi connectivity index (χ0v) is 8.44. The van der Waals surface area contributed by atoms with Gasteiger partial charge in [0, 0.05) is 0 Å². The summed E-state index contributed by atoms with van der Waals surface area (Å²) >= 11 is 0. The van der Waals surface area contributed by atoms with E-state index >= 15 is 0 Å². The molecule has 2 aromatic rings. The van der Waals surface area contributed by atoms with Crippen molar-refractivity contribution >= 4 is 0 Å². The first-order valence-electron chi connectivity index (χ1n) is 4.76. The van der Waals surface area contributed by atoms with Crippen molar-refractivity contribution in [2.45, 2.75) is 6.92 Å². The third-order valence-electron chi connectivity index (χ3n) is 2.39. The molecule has 0 atom stereocenters. The highest BCUT2D eigenvalue weighted by Gasteiger charge is 2.02. The first-order valence-corrected chi connectivity index (χ1v) is 4.76. The molecular formula is C13H12O2. The lowest BCUT2D eigenvalue weighted by molar-refractivity contribution is 0.474. The Bertz CT molecular complexity index is 472. The molecule has 0 fully saturated rings. The Balaban J connectivity index is 2.49. The van der Waals surface area contributed by atoms with Crippen molar-refractivity contribution in [3.63, 3.8) is 0 Å². The fourth-order valence-electron chi connectivity index (χ4n) is 1.61. The summed E-state index contributed by atoms with van der Waals surface area (Å²) in [5.74, 6) is 0.533. The summed E-state index contributed by atoms with van der Waals surface area (Å²) < 4.78 is 0. The van der Waals surface area contributed by atoms with Gasteiger partial charge in [-0.3, -0.25) is 0 Å². The van der Waals surface area contributed by atoms with Crippen LogP contribution in [0, 0.1) is 6.92 Å². The third-order valence-corrected chi connectivity index (χ3v) is 2.39. The van der Waals surface area contributed by atoms with E-state index in [0.29, 0.717) is 0 Å². The van der Waals surface area contributed by atoms with E-state index in [9.17, 15) is 10.2 Å². The molecule has 76 valence electrons. The Labute approximate surface area is 88.4 Å². The summed E-state index contributed by atoms with van der Waals surface area (Å²) in [6.45, 7) is 1.95. The van der Waals surface area contributed by atoms with Crippen molar-refractivity contribution < 1.29 is 10.2 Å². The Morgan fingerprint density at radius 3 is 2.00 bits per heavy atom. The predicted molar refractivity (Wildman–Crippen MR) is 59.9 cm³/mol. The molecule has 0 radical (unpaired) electrons. The van der Waals surface area contributed by atoms with Crippen LogP contribution in [0.3, 0.4) is 0 Å². The van der Waals surface area contributed by atoms with Gasteiger partial charge in [0.2, 0.25) is 0 Å². The van der Waals surface area contributed by atoms with Crippen LogP contribution < -0.4 is 0 Å². The Morgan fingerprint density at radius 2 is 1.40 bits per heavy atom. The van der Waals surface area contributed by atoms with E-state index in [1.807, 2.05) is 25.1 Å². The molecule has 0 saturated heterocycles. The van der Waals surface area contributed by atoms with Crippen LogP contribution in [0.15, 0.2) is 42.5 Å². The van der Waals surface area contributed by atoms with Crippen molar-refractivity contribution in [3.05, 3.63) is 48.0 Å². The molecule has 0 bridgehead atoms. The zero-order chi connectivity index (χ0) is 10.8. The van der Waals surface area contributed by atoms with Gasteiger partial charge in [0.25, 0.3) is 0 Å². The first kappa shape index (κ1) is 9.59. The summed E-state index contributed by atoms with van der Waals surface area (Å²) in [6.07, 6.45) is 0. The molecule has 0 aliphatic heterocycles. The fraction of sp³-hybridized carbons (Fsp3) is 0.0769. The number of hydrogen-bond donors (Lipinski definition) is 2. The SMILES string of the molecule is Cc1cc(O)ccc1-c1ccc(O)cc1. The molecule has 0 heterocycles. The number of phenolic OH excluding ortho intramolecular Hbond substituents is 2. The van der Waals surface area contributed by atoms with Gasteiger partial charge in [0.15, 0.2) is 0 Å². The molecule has 0 aromatic heterocycles. The molecule has 0 aliphatic rings. The summed E-state index contributed by atoms with van der Waals surface area (Å²) in [5, 5.41) is 18.5. The van der Waals surface area contributed by atoms with Crippen LogP contribution in [-0.4, -0.2) is 10.2 Å². The molecule has 0 spiro atoms. The lowest BCUT2D eigenvalue weighted by Gasteiger charge is -2.06. The van der Waals surface area contributed by atoms with Gasteiger partial charge >= 0.3 is 0 Å². The second-order valence-corrected chi connectivity index (χ2v) is 3.55. The fourth-order valence-corrected chi connectivity index (χ4v) is 1.61. The van der Waals surface area contributed by atoms with Gasteiger partial charge in [-0.05, 0) is 47.9 Å². The third kappa shape index (κ3) is 1.94. The number of aryl methyl sites for hydroxylation is 1. The quantitative estimate of drug-likeness (QED) is 0.742. The highest BCUT2D eigenvalue weighted by atomic mass is 16.3. The minimum atomic E-state index is 0.259. The average Bonchev–Trinajstić information content (AvgIpc) is 2.20. The van der Waals surface area contributed by atoms with Crippen molar-refractivity contribution in [1.82, 2.24) is 0 Å². The number of phenols is 2. The minimum Gasteiger partial charge on any atom is -0.508 e. The zero-order valence-electron chi connectivity index (χ0n) is 8.44. The van der Waals surface area contributed by atoms with Crippen LogP contribution >= 0.6 is 0 Å². The van der Waals surface area contributed by atoms with Crippen molar-refractivity contribution in [2.24, 2.45) is 0 Å². The highest BCUT2D eigenvalue weighted by Crippen LogP contribution is 2.27. The Kier molecular flexibility index (Phi) is 2.34. The van der Waals surface area contributed by atoms with E-state index in [4.69, 9.17) is 0 Å². The molecule has 0 saturated carbocycles. The van der Waals surface area contributed by atoms with Crippen LogP contribution in [0.1, 0.15) is 5.56 Å². The first-order chi connectivity index (χ1) is 7.16. The van der Waals surface area contributed by atoms with Gasteiger partial charge in [0.1, 0.15) is 11.5 Å². The number of aromatic hydroxyl groups is 2. The molecule has 0 unspecified atom stereocenters. The second kappa shape index (κ2) is 3.65. The number of rotatable bonds is 1. The Morgan fingerprint density at radius 1 is 0.800 bits per heavy atom. The molecule has 0 aliphatic carbocycles. The van der Waals surface area contributed by atoms with Gasteiger partial charge in [-0.15, -0.1) is 0 Å². The number of benzene rings is 2. The van der Waals surface area contributed by atoms with E-state index in [-0.39, 0.29) is 11.5 Å². The molecule has 2 rings (SSSR count). The predicted octanol–water partition coefficient (Wildman–Crippen LogP) is 3.07. The molecule has 2 nitrogen and oxygen atoms in total. The smallest absolute Gasteiger partial charge is 0.115 e. The summed E-state index contributed by atoms with van der Waals surface area (Å²) in [5.41, 5.74) is 3.11. The summed E-state index contributed by atoms with van der Waals surface area (Å²) in [4.78, 5) is 0. The van der Waals surface area contributed by atoms with Crippen LogP contribution in [0.2, 0.25) is 0 Å². The molecule has 2 N–H and O–H groups in total. The normalized spacial score (nSPS) is 10.2. The van der Waals surface area contributed by atoms with Gasteiger partial charge in [-0.1, -0.05) is 18.2 Å². The largest absolute Gasteiger partial charge is 0.508 e. The molecule has 15 heavy (non-hydrogen) atoms. The van der Waals surface area contributed by atoms with Crippen LogP contribution in [-0.2, 0) is 0 Å². The van der Waals surface area contributed by atoms with Crippen molar-refractivity contribution in [1.29, 1.82) is 0 Å². The van der Waals surface area contributed by atoms with Crippen LogP contribution in [0.25, 0.3) is 11.1 Å². The highest BCUT2D eigenvalue weighted by molar-refractivity contribution is 5.68. The van der Waals surface area contributed by atoms with E-state index < -0.39 is 0 Å². The lowest BCUT2D eigenvalue weighted by atomic mass is 10.0. The van der Waals surface area contributed by atoms with E-state index in [1.165, 1.54) is 0 Å². The number of hydrogen-bond acceptors (Lipinski definition) is 2. The van der Waals surface area contributed by atoms with E-state index in [0.717, 1.165) is 16.7 Å². The monoisotopic (exact) mass is 200 g/mol. The van der Waals surface area contributed by atoms with Gasteiger partial charge in [-0.25, -0.2) is 0 Å². The maximum absolute atomic E-state index is 9.29. The molecule has 2 heteroatoms. The standard InChI is InChI=1S/C13H12O2/c1-9-8-12(15)6-7-13(9)10-2-4-11(14)5-3-10/h2-8,14-15H,1H3. The average molecular weight is 200 g/mol. The van der Waals surface area contributed by atoms with Crippen molar-refractivity contribution in [2.75, 3.05) is 0 Å². The van der Waals surface area contributed by atoms with Crippen LogP contribution in [0.5, 0.6) is 11.5 Å².